The van der Waals surface area contributed by atoms with Crippen molar-refractivity contribution >= 4 is 17.8 Å². The lowest BCUT2D eigenvalue weighted by molar-refractivity contribution is -0.120. The molecule has 0 saturated carbocycles. The summed E-state index contributed by atoms with van der Waals surface area (Å²) < 4.78 is 4.99. The van der Waals surface area contributed by atoms with Crippen molar-refractivity contribution in [3.8, 4) is 6.01 Å². The van der Waals surface area contributed by atoms with Gasteiger partial charge in [0.25, 0.3) is 0 Å². The van der Waals surface area contributed by atoms with Gasteiger partial charge in [0.15, 0.2) is 0 Å². The van der Waals surface area contributed by atoms with Gasteiger partial charge in [0, 0.05) is 34.1 Å². The highest BCUT2D eigenvalue weighted by Gasteiger charge is 2.11. The van der Waals surface area contributed by atoms with Crippen LogP contribution in [0.3, 0.4) is 0 Å². The Hall–Kier alpha value is -2.12. The molecule has 0 aliphatic carbocycles. The van der Waals surface area contributed by atoms with E-state index in [-0.39, 0.29) is 11.9 Å². The second-order valence-corrected chi connectivity index (χ2v) is 3.54. The van der Waals surface area contributed by atoms with Gasteiger partial charge in [0.1, 0.15) is 0 Å². The van der Waals surface area contributed by atoms with E-state index >= 15 is 0 Å². The van der Waals surface area contributed by atoms with E-state index in [0.717, 1.165) is 0 Å². The molecule has 0 aromatic carbocycles. The normalized spacial score (nSPS) is 9.78. The first kappa shape index (κ1) is 13.9. The maximum atomic E-state index is 11.2. The Morgan fingerprint density at radius 2 is 2.06 bits per heavy atom. The lowest BCUT2D eigenvalue weighted by Crippen LogP contribution is -2.27. The van der Waals surface area contributed by atoms with Gasteiger partial charge >= 0.3 is 6.01 Å². The van der Waals surface area contributed by atoms with Crippen LogP contribution in [0, 0.1) is 0 Å². The van der Waals surface area contributed by atoms with Crippen molar-refractivity contribution in [2.24, 2.45) is 0 Å². The van der Waals surface area contributed by atoms with Crippen LogP contribution in [0.4, 0.5) is 11.9 Å². The van der Waals surface area contributed by atoms with E-state index in [2.05, 4.69) is 25.6 Å². The Labute approximate surface area is 106 Å². The number of methoxy groups -OCH3 is 1. The second kappa shape index (κ2) is 6.58. The molecular weight excluding hydrogens is 236 g/mol. The van der Waals surface area contributed by atoms with Crippen LogP contribution in [0.15, 0.2) is 0 Å². The number of rotatable bonds is 6. The number of hydrogen-bond donors (Lipinski definition) is 2. The summed E-state index contributed by atoms with van der Waals surface area (Å²) >= 11 is 0. The Balaban J connectivity index is 2.77. The number of aromatic nitrogens is 3. The molecule has 0 radical (unpaired) electrons. The van der Waals surface area contributed by atoms with E-state index in [1.54, 1.807) is 26.0 Å². The predicted octanol–water partition coefficient (Wildman–Crippen LogP) is -0.506. The van der Waals surface area contributed by atoms with Gasteiger partial charge in [-0.05, 0) is 0 Å². The summed E-state index contributed by atoms with van der Waals surface area (Å²) in [6.45, 7) is 0.510. The standard InChI is InChI=1S/C10H18N6O2/c1-11-7(17)5-6-16(3)9-13-8(12-2)14-10(15-9)18-4/h5-6H2,1-4H3,(H,11,17)(H,12,13,14,15). The van der Waals surface area contributed by atoms with Gasteiger partial charge in [-0.2, -0.15) is 15.0 Å². The molecule has 2 N–H and O–H groups in total. The van der Waals surface area contributed by atoms with Gasteiger partial charge in [-0.15, -0.1) is 0 Å². The van der Waals surface area contributed by atoms with Gasteiger partial charge < -0.3 is 20.3 Å². The number of hydrogen-bond acceptors (Lipinski definition) is 7. The van der Waals surface area contributed by atoms with Crippen LogP contribution in [0.25, 0.3) is 0 Å². The lowest BCUT2D eigenvalue weighted by Gasteiger charge is -2.17. The number of anilines is 2. The Kier molecular flexibility index (Phi) is 5.09. The van der Waals surface area contributed by atoms with Crippen molar-refractivity contribution in [3.63, 3.8) is 0 Å². The maximum Gasteiger partial charge on any atom is 0.322 e. The van der Waals surface area contributed by atoms with E-state index in [1.165, 1.54) is 7.11 Å². The summed E-state index contributed by atoms with van der Waals surface area (Å²) in [5.41, 5.74) is 0. The SMILES string of the molecule is CNC(=O)CCN(C)c1nc(NC)nc(OC)n1. The minimum atomic E-state index is -0.0308. The van der Waals surface area contributed by atoms with Crippen LogP contribution in [0.1, 0.15) is 6.42 Å². The highest BCUT2D eigenvalue weighted by molar-refractivity contribution is 5.76. The fraction of sp³-hybridized carbons (Fsp3) is 0.600. The summed E-state index contributed by atoms with van der Waals surface area (Å²) in [6.07, 6.45) is 0.371. The highest BCUT2D eigenvalue weighted by Crippen LogP contribution is 2.13. The molecule has 0 atom stereocenters. The zero-order valence-electron chi connectivity index (χ0n) is 11.0. The summed E-state index contributed by atoms with van der Waals surface area (Å²) in [6, 6.07) is 0.233. The van der Waals surface area contributed by atoms with E-state index in [1.807, 2.05) is 0 Å². The largest absolute Gasteiger partial charge is 0.467 e. The lowest BCUT2D eigenvalue weighted by atomic mass is 10.4. The van der Waals surface area contributed by atoms with Crippen molar-refractivity contribution in [1.29, 1.82) is 0 Å². The van der Waals surface area contributed by atoms with Crippen LogP contribution in [0.5, 0.6) is 6.01 Å². The summed E-state index contributed by atoms with van der Waals surface area (Å²) in [7, 11) is 6.61. The first-order valence-electron chi connectivity index (χ1n) is 5.50. The smallest absolute Gasteiger partial charge is 0.322 e. The fourth-order valence-corrected chi connectivity index (χ4v) is 1.21. The Morgan fingerprint density at radius 1 is 1.33 bits per heavy atom. The minimum absolute atomic E-state index is 0.0308. The quantitative estimate of drug-likeness (QED) is 0.706. The zero-order chi connectivity index (χ0) is 13.5. The van der Waals surface area contributed by atoms with Crippen molar-refractivity contribution < 1.29 is 9.53 Å². The van der Waals surface area contributed by atoms with Gasteiger partial charge in [0.2, 0.25) is 17.8 Å². The van der Waals surface area contributed by atoms with E-state index in [0.29, 0.717) is 24.9 Å². The molecular formula is C10H18N6O2. The molecule has 0 aliphatic rings. The molecule has 0 unspecified atom stereocenters. The van der Waals surface area contributed by atoms with Gasteiger partial charge in [-0.1, -0.05) is 0 Å². The molecule has 8 nitrogen and oxygen atoms in total. The number of carbonyl (C=O) groups excluding carboxylic acids is 1. The zero-order valence-corrected chi connectivity index (χ0v) is 11.0. The third-order valence-electron chi connectivity index (χ3n) is 2.30. The van der Waals surface area contributed by atoms with Crippen LogP contribution >= 0.6 is 0 Å². The third kappa shape index (κ3) is 3.72. The number of carbonyl (C=O) groups is 1. The van der Waals surface area contributed by atoms with Gasteiger partial charge in [-0.3, -0.25) is 4.79 Å². The monoisotopic (exact) mass is 254 g/mol. The topological polar surface area (TPSA) is 92.3 Å². The molecule has 1 heterocycles. The Morgan fingerprint density at radius 3 is 2.61 bits per heavy atom. The van der Waals surface area contributed by atoms with Gasteiger partial charge in [-0.25, -0.2) is 0 Å². The predicted molar refractivity (Wildman–Crippen MR) is 67.9 cm³/mol. The Bertz CT molecular complexity index is 389. The minimum Gasteiger partial charge on any atom is -0.467 e. The van der Waals surface area contributed by atoms with Crippen molar-refractivity contribution in [2.75, 3.05) is 45.0 Å². The third-order valence-corrected chi connectivity index (χ3v) is 2.30. The maximum absolute atomic E-state index is 11.2. The van der Waals surface area contributed by atoms with E-state index in [9.17, 15) is 4.79 Å². The molecule has 1 aromatic heterocycles. The summed E-state index contributed by atoms with van der Waals surface area (Å²) in [4.78, 5) is 25.2. The average Bonchev–Trinajstić information content (AvgIpc) is 2.43. The van der Waals surface area contributed by atoms with Crippen molar-refractivity contribution in [3.05, 3.63) is 0 Å². The molecule has 1 rings (SSSR count). The second-order valence-electron chi connectivity index (χ2n) is 3.54. The number of amides is 1. The molecule has 0 spiro atoms. The van der Waals surface area contributed by atoms with E-state index < -0.39 is 0 Å². The first-order chi connectivity index (χ1) is 8.60. The molecule has 0 saturated heterocycles. The number of nitrogens with zero attached hydrogens (tertiary/aromatic N) is 4. The van der Waals surface area contributed by atoms with Crippen molar-refractivity contribution in [2.45, 2.75) is 6.42 Å². The van der Waals surface area contributed by atoms with Gasteiger partial charge in [0.05, 0.1) is 7.11 Å². The van der Waals surface area contributed by atoms with Crippen molar-refractivity contribution in [1.82, 2.24) is 20.3 Å². The van der Waals surface area contributed by atoms with E-state index in [4.69, 9.17) is 4.74 Å². The number of ether oxygens (including phenoxy) is 1. The van der Waals surface area contributed by atoms with Crippen LogP contribution in [-0.2, 0) is 4.79 Å². The summed E-state index contributed by atoms with van der Waals surface area (Å²) in [5, 5.41) is 5.39. The van der Waals surface area contributed by atoms with Crippen LogP contribution < -0.4 is 20.3 Å². The van der Waals surface area contributed by atoms with Crippen LogP contribution in [-0.4, -0.2) is 55.7 Å². The average molecular weight is 254 g/mol. The fourth-order valence-electron chi connectivity index (χ4n) is 1.21. The molecule has 1 aromatic rings. The summed E-state index contributed by atoms with van der Waals surface area (Å²) in [5.74, 6) is 0.843. The molecule has 1 amide bonds. The molecule has 18 heavy (non-hydrogen) atoms. The molecule has 0 fully saturated rings. The molecule has 8 heteroatoms. The first-order valence-corrected chi connectivity index (χ1v) is 5.50. The number of nitrogens with one attached hydrogen (secondary N) is 2. The van der Waals surface area contributed by atoms with Crippen LogP contribution in [0.2, 0.25) is 0 Å². The highest BCUT2D eigenvalue weighted by atomic mass is 16.5. The molecule has 0 bridgehead atoms. The molecule has 0 aliphatic heterocycles. The molecule has 100 valence electrons.